The normalized spacial score (nSPS) is 11.2. The third-order valence-corrected chi connectivity index (χ3v) is 4.44. The highest BCUT2D eigenvalue weighted by Gasteiger charge is 2.03. The minimum atomic E-state index is -0.181. The van der Waals surface area contributed by atoms with Gasteiger partial charge in [-0.3, -0.25) is 4.79 Å². The van der Waals surface area contributed by atoms with Crippen molar-refractivity contribution in [2.24, 2.45) is 5.10 Å². The fraction of sp³-hybridized carbons (Fsp3) is 0.176. The lowest BCUT2D eigenvalue weighted by molar-refractivity contribution is -0.119. The van der Waals surface area contributed by atoms with E-state index in [0.717, 1.165) is 27.0 Å². The molecule has 0 aromatic heterocycles. The van der Waals surface area contributed by atoms with Crippen molar-refractivity contribution in [2.45, 2.75) is 13.8 Å². The summed E-state index contributed by atoms with van der Waals surface area (Å²) in [5, 5.41) is 7.25. The number of amides is 1. The second-order valence-corrected chi connectivity index (χ2v) is 7.21. The van der Waals surface area contributed by atoms with E-state index >= 15 is 0 Å². The number of anilines is 1. The number of hydrogen-bond acceptors (Lipinski definition) is 3. The van der Waals surface area contributed by atoms with Crippen LogP contribution in [0.1, 0.15) is 18.1 Å². The van der Waals surface area contributed by atoms with Crippen molar-refractivity contribution in [2.75, 3.05) is 11.9 Å². The molecule has 0 aliphatic carbocycles. The van der Waals surface area contributed by atoms with Crippen molar-refractivity contribution in [1.29, 1.82) is 0 Å². The van der Waals surface area contributed by atoms with Gasteiger partial charge in [-0.15, -0.1) is 0 Å². The van der Waals surface area contributed by atoms with E-state index in [0.29, 0.717) is 0 Å². The molecule has 0 spiro atoms. The monoisotopic (exact) mass is 485 g/mol. The Morgan fingerprint density at radius 3 is 2.57 bits per heavy atom. The van der Waals surface area contributed by atoms with E-state index in [2.05, 4.69) is 60.4 Å². The molecule has 0 unspecified atom stereocenters. The summed E-state index contributed by atoms with van der Waals surface area (Å²) >= 11 is 5.66. The molecule has 2 aromatic carbocycles. The molecule has 4 nitrogen and oxygen atoms in total. The quantitative estimate of drug-likeness (QED) is 0.376. The van der Waals surface area contributed by atoms with Crippen LogP contribution in [0.3, 0.4) is 0 Å². The van der Waals surface area contributed by atoms with Crippen LogP contribution in [0.4, 0.5) is 5.69 Å². The molecular formula is C17H17BrIN3O. The van der Waals surface area contributed by atoms with Crippen molar-refractivity contribution in [3.63, 3.8) is 0 Å². The molecule has 0 aliphatic heterocycles. The second kappa shape index (κ2) is 8.44. The second-order valence-electron chi connectivity index (χ2n) is 5.05. The average Bonchev–Trinajstić information content (AvgIpc) is 2.52. The van der Waals surface area contributed by atoms with Crippen molar-refractivity contribution in [3.8, 4) is 0 Å². The zero-order valence-electron chi connectivity index (χ0n) is 12.9. The predicted octanol–water partition coefficient (Wildman–Crippen LogP) is 4.31. The number of carbonyl (C=O) groups excluding carboxylic acids is 1. The highest BCUT2D eigenvalue weighted by atomic mass is 127. The molecule has 0 radical (unpaired) electrons. The number of rotatable bonds is 5. The van der Waals surface area contributed by atoms with Crippen LogP contribution in [0.2, 0.25) is 0 Å². The SMILES string of the molecule is CC(=NNC(=O)CNc1ccc(I)cc1C)c1ccc(Br)cc1. The molecule has 0 aliphatic rings. The smallest absolute Gasteiger partial charge is 0.259 e. The summed E-state index contributed by atoms with van der Waals surface area (Å²) < 4.78 is 2.18. The van der Waals surface area contributed by atoms with Gasteiger partial charge in [0.05, 0.1) is 12.3 Å². The van der Waals surface area contributed by atoms with Crippen LogP contribution in [-0.4, -0.2) is 18.2 Å². The Balaban J connectivity index is 1.89. The maximum atomic E-state index is 11.9. The number of aryl methyl sites for hydroxylation is 1. The summed E-state index contributed by atoms with van der Waals surface area (Å²) in [6.07, 6.45) is 0. The standard InChI is InChI=1S/C17H17BrIN3O/c1-11-9-15(19)7-8-16(11)20-10-17(23)22-21-12(2)13-3-5-14(18)6-4-13/h3-9,20H,10H2,1-2H3,(H,22,23). The van der Waals surface area contributed by atoms with Crippen molar-refractivity contribution in [3.05, 3.63) is 61.6 Å². The van der Waals surface area contributed by atoms with E-state index < -0.39 is 0 Å². The fourth-order valence-corrected chi connectivity index (χ4v) is 2.85. The third-order valence-electron chi connectivity index (χ3n) is 3.24. The largest absolute Gasteiger partial charge is 0.376 e. The summed E-state index contributed by atoms with van der Waals surface area (Å²) in [5.41, 5.74) is 6.36. The maximum Gasteiger partial charge on any atom is 0.259 e. The molecular weight excluding hydrogens is 469 g/mol. The number of hydrazone groups is 1. The summed E-state index contributed by atoms with van der Waals surface area (Å²) in [5.74, 6) is -0.181. The minimum Gasteiger partial charge on any atom is -0.376 e. The predicted molar refractivity (Wildman–Crippen MR) is 107 cm³/mol. The van der Waals surface area contributed by atoms with Crippen LogP contribution in [-0.2, 0) is 4.79 Å². The number of nitrogens with zero attached hydrogens (tertiary/aromatic N) is 1. The Kier molecular flexibility index (Phi) is 6.59. The summed E-state index contributed by atoms with van der Waals surface area (Å²) in [6, 6.07) is 13.8. The molecule has 0 bridgehead atoms. The van der Waals surface area contributed by atoms with Crippen molar-refractivity contribution < 1.29 is 4.79 Å². The van der Waals surface area contributed by atoms with Gasteiger partial charge in [-0.2, -0.15) is 5.10 Å². The van der Waals surface area contributed by atoms with E-state index in [4.69, 9.17) is 0 Å². The van der Waals surface area contributed by atoms with Gasteiger partial charge < -0.3 is 5.32 Å². The lowest BCUT2D eigenvalue weighted by Crippen LogP contribution is -2.27. The summed E-state index contributed by atoms with van der Waals surface area (Å²) in [4.78, 5) is 11.9. The zero-order valence-corrected chi connectivity index (χ0v) is 16.6. The molecule has 23 heavy (non-hydrogen) atoms. The average molecular weight is 486 g/mol. The molecule has 0 fully saturated rings. The minimum absolute atomic E-state index is 0.179. The number of nitrogens with one attached hydrogen (secondary N) is 2. The number of carbonyl (C=O) groups is 1. The molecule has 0 heterocycles. The number of hydrogen-bond donors (Lipinski definition) is 2. The van der Waals surface area contributed by atoms with Crippen molar-refractivity contribution in [1.82, 2.24) is 5.43 Å². The van der Waals surface area contributed by atoms with E-state index in [9.17, 15) is 4.79 Å². The summed E-state index contributed by atoms with van der Waals surface area (Å²) in [6.45, 7) is 4.05. The number of benzene rings is 2. The zero-order chi connectivity index (χ0) is 16.8. The molecule has 0 saturated heterocycles. The Morgan fingerprint density at radius 2 is 1.91 bits per heavy atom. The Labute approximate surface area is 158 Å². The Hall–Kier alpha value is -1.41. The molecule has 0 saturated carbocycles. The van der Waals surface area contributed by atoms with Crippen LogP contribution < -0.4 is 10.7 Å². The Bertz CT molecular complexity index is 729. The first-order valence-corrected chi connectivity index (χ1v) is 8.92. The molecule has 120 valence electrons. The van der Waals surface area contributed by atoms with E-state index in [1.54, 1.807) is 0 Å². The highest BCUT2D eigenvalue weighted by molar-refractivity contribution is 14.1. The van der Waals surface area contributed by atoms with E-state index in [1.165, 1.54) is 3.57 Å². The van der Waals surface area contributed by atoms with Gasteiger partial charge >= 0.3 is 0 Å². The van der Waals surface area contributed by atoms with Crippen LogP contribution in [0.15, 0.2) is 52.0 Å². The van der Waals surface area contributed by atoms with E-state index in [1.807, 2.05) is 50.2 Å². The van der Waals surface area contributed by atoms with Crippen LogP contribution in [0.5, 0.6) is 0 Å². The van der Waals surface area contributed by atoms with Gasteiger partial charge in [-0.25, -0.2) is 5.43 Å². The first-order chi connectivity index (χ1) is 11.0. The van der Waals surface area contributed by atoms with Gasteiger partial charge in [0, 0.05) is 13.7 Å². The molecule has 0 atom stereocenters. The van der Waals surface area contributed by atoms with Gasteiger partial charge in [0.2, 0.25) is 0 Å². The molecule has 2 N–H and O–H groups in total. The first kappa shape index (κ1) is 17.9. The van der Waals surface area contributed by atoms with Crippen LogP contribution in [0, 0.1) is 10.5 Å². The molecule has 2 rings (SSSR count). The third kappa shape index (κ3) is 5.62. The van der Waals surface area contributed by atoms with Gasteiger partial charge in [0.1, 0.15) is 0 Å². The van der Waals surface area contributed by atoms with Crippen LogP contribution in [0.25, 0.3) is 0 Å². The highest BCUT2D eigenvalue weighted by Crippen LogP contribution is 2.17. The van der Waals surface area contributed by atoms with Crippen molar-refractivity contribution >= 4 is 55.8 Å². The lowest BCUT2D eigenvalue weighted by atomic mass is 10.1. The van der Waals surface area contributed by atoms with Gasteiger partial charge in [0.25, 0.3) is 5.91 Å². The maximum absolute atomic E-state index is 11.9. The molecule has 6 heteroatoms. The van der Waals surface area contributed by atoms with E-state index in [-0.39, 0.29) is 12.5 Å². The van der Waals surface area contributed by atoms with Gasteiger partial charge in [-0.1, -0.05) is 28.1 Å². The first-order valence-electron chi connectivity index (χ1n) is 7.05. The summed E-state index contributed by atoms with van der Waals surface area (Å²) in [7, 11) is 0. The Morgan fingerprint density at radius 1 is 1.22 bits per heavy atom. The fourth-order valence-electron chi connectivity index (χ4n) is 1.94. The lowest BCUT2D eigenvalue weighted by Gasteiger charge is -2.09. The molecule has 1 amide bonds. The topological polar surface area (TPSA) is 53.5 Å². The molecule has 2 aromatic rings. The van der Waals surface area contributed by atoms with Gasteiger partial charge in [-0.05, 0) is 77.9 Å². The van der Waals surface area contributed by atoms with Crippen LogP contribution >= 0.6 is 38.5 Å². The number of halogens is 2. The van der Waals surface area contributed by atoms with Gasteiger partial charge in [0.15, 0.2) is 0 Å².